The summed E-state index contributed by atoms with van der Waals surface area (Å²) in [4.78, 5) is 0. The second-order valence-electron chi connectivity index (χ2n) is 2.28. The molecule has 0 fully saturated rings. The van der Waals surface area contributed by atoms with E-state index in [0.29, 0.717) is 10.7 Å². The normalized spacial score (nSPS) is 10.4. The smallest absolute Gasteiger partial charge is 0.265 e. The van der Waals surface area contributed by atoms with Crippen molar-refractivity contribution in [1.82, 2.24) is 0 Å². The van der Waals surface area contributed by atoms with Crippen molar-refractivity contribution in [3.8, 4) is 0 Å². The van der Waals surface area contributed by atoms with Gasteiger partial charge in [-0.15, -0.1) is 0 Å². The van der Waals surface area contributed by atoms with Gasteiger partial charge in [-0.3, -0.25) is 0 Å². The van der Waals surface area contributed by atoms with Crippen LogP contribution in [0.3, 0.4) is 0 Å². The highest BCUT2D eigenvalue weighted by Gasteiger charge is 2.11. The topological polar surface area (TPSA) is 12.0 Å². The maximum atomic E-state index is 12.3. The van der Waals surface area contributed by atoms with Crippen LogP contribution in [-0.2, 0) is 0 Å². The highest BCUT2D eigenvalue weighted by Crippen LogP contribution is 2.28. The van der Waals surface area contributed by atoms with Crippen molar-refractivity contribution in [2.45, 2.75) is 6.43 Å². The number of nitrogens with one attached hydrogen (secondary N) is 1. The van der Waals surface area contributed by atoms with Crippen LogP contribution in [-0.4, -0.2) is 7.05 Å². The molecule has 0 amide bonds. The molecule has 0 spiro atoms. The van der Waals surface area contributed by atoms with E-state index in [0.717, 1.165) is 0 Å². The molecule has 1 nitrogen and oxygen atoms in total. The highest BCUT2D eigenvalue weighted by atomic mass is 35.5. The minimum atomic E-state index is -2.47. The van der Waals surface area contributed by atoms with Crippen LogP contribution in [0.1, 0.15) is 12.0 Å². The Morgan fingerprint density at radius 3 is 2.58 bits per heavy atom. The van der Waals surface area contributed by atoms with Crippen LogP contribution >= 0.6 is 11.6 Å². The summed E-state index contributed by atoms with van der Waals surface area (Å²) in [5.74, 6) is 0. The van der Waals surface area contributed by atoms with Crippen molar-refractivity contribution in [3.05, 3.63) is 28.8 Å². The summed E-state index contributed by atoms with van der Waals surface area (Å²) >= 11 is 5.62. The van der Waals surface area contributed by atoms with E-state index in [2.05, 4.69) is 5.32 Å². The molecule has 0 saturated heterocycles. The second kappa shape index (κ2) is 3.72. The molecule has 0 atom stereocenters. The third-order valence-electron chi connectivity index (χ3n) is 1.52. The molecule has 0 aliphatic rings. The molecule has 66 valence electrons. The van der Waals surface area contributed by atoms with Gasteiger partial charge in [-0.2, -0.15) is 0 Å². The van der Waals surface area contributed by atoms with E-state index in [1.807, 2.05) is 0 Å². The summed E-state index contributed by atoms with van der Waals surface area (Å²) in [5.41, 5.74) is 0.347. The SMILES string of the molecule is CNc1cc(Cl)ccc1C(F)F. The lowest BCUT2D eigenvalue weighted by atomic mass is 10.2. The highest BCUT2D eigenvalue weighted by molar-refractivity contribution is 6.30. The number of anilines is 1. The molecule has 0 heterocycles. The van der Waals surface area contributed by atoms with Gasteiger partial charge in [0.1, 0.15) is 0 Å². The van der Waals surface area contributed by atoms with Crippen molar-refractivity contribution in [3.63, 3.8) is 0 Å². The van der Waals surface area contributed by atoms with Crippen LogP contribution in [0.15, 0.2) is 18.2 Å². The van der Waals surface area contributed by atoms with Gasteiger partial charge in [0, 0.05) is 23.3 Å². The molecule has 0 aliphatic heterocycles. The van der Waals surface area contributed by atoms with Crippen LogP contribution < -0.4 is 5.32 Å². The molecule has 1 rings (SSSR count). The van der Waals surface area contributed by atoms with Crippen molar-refractivity contribution in [2.75, 3.05) is 12.4 Å². The number of alkyl halides is 2. The number of hydrogen-bond acceptors (Lipinski definition) is 1. The lowest BCUT2D eigenvalue weighted by molar-refractivity contribution is 0.152. The number of rotatable bonds is 2. The van der Waals surface area contributed by atoms with E-state index >= 15 is 0 Å². The van der Waals surface area contributed by atoms with Crippen molar-refractivity contribution in [2.24, 2.45) is 0 Å². The quantitative estimate of drug-likeness (QED) is 0.756. The van der Waals surface area contributed by atoms with Gasteiger partial charge in [0.05, 0.1) is 0 Å². The van der Waals surface area contributed by atoms with Gasteiger partial charge >= 0.3 is 0 Å². The third-order valence-corrected chi connectivity index (χ3v) is 1.75. The van der Waals surface area contributed by atoms with Crippen LogP contribution in [0.2, 0.25) is 5.02 Å². The molecule has 1 aromatic carbocycles. The fraction of sp³-hybridized carbons (Fsp3) is 0.250. The molecule has 0 aromatic heterocycles. The predicted octanol–water partition coefficient (Wildman–Crippen LogP) is 3.32. The number of halogens is 3. The average molecular weight is 192 g/mol. The first kappa shape index (κ1) is 9.26. The van der Waals surface area contributed by atoms with Crippen LogP contribution in [0.25, 0.3) is 0 Å². The maximum absolute atomic E-state index is 12.3. The summed E-state index contributed by atoms with van der Waals surface area (Å²) in [6.45, 7) is 0. The van der Waals surface area contributed by atoms with Gasteiger partial charge < -0.3 is 5.32 Å². The summed E-state index contributed by atoms with van der Waals surface area (Å²) < 4.78 is 24.5. The Hall–Kier alpha value is -0.830. The molecule has 0 radical (unpaired) electrons. The second-order valence-corrected chi connectivity index (χ2v) is 2.72. The minimum absolute atomic E-state index is 0.0260. The van der Waals surface area contributed by atoms with E-state index in [1.165, 1.54) is 18.2 Å². The van der Waals surface area contributed by atoms with Gasteiger partial charge in [-0.1, -0.05) is 11.6 Å². The van der Waals surface area contributed by atoms with Crippen LogP contribution in [0.4, 0.5) is 14.5 Å². The molecule has 0 aliphatic carbocycles. The van der Waals surface area contributed by atoms with Crippen molar-refractivity contribution in [1.29, 1.82) is 0 Å². The fourth-order valence-corrected chi connectivity index (χ4v) is 1.11. The van der Waals surface area contributed by atoms with Crippen LogP contribution in [0.5, 0.6) is 0 Å². The first-order valence-electron chi connectivity index (χ1n) is 3.40. The summed E-state index contributed by atoms with van der Waals surface area (Å²) in [5, 5.41) is 3.10. The minimum Gasteiger partial charge on any atom is -0.388 e. The van der Waals surface area contributed by atoms with E-state index in [9.17, 15) is 8.78 Å². The first-order chi connectivity index (χ1) is 5.65. The monoisotopic (exact) mass is 191 g/mol. The summed E-state index contributed by atoms with van der Waals surface area (Å²) in [6.07, 6.45) is -2.47. The average Bonchev–Trinajstić information content (AvgIpc) is 2.03. The van der Waals surface area contributed by atoms with Gasteiger partial charge in [-0.05, 0) is 18.2 Å². The Morgan fingerprint density at radius 1 is 1.42 bits per heavy atom. The van der Waals surface area contributed by atoms with Gasteiger partial charge in [0.25, 0.3) is 6.43 Å². The van der Waals surface area contributed by atoms with E-state index < -0.39 is 6.43 Å². The first-order valence-corrected chi connectivity index (χ1v) is 3.78. The Kier molecular flexibility index (Phi) is 2.87. The zero-order chi connectivity index (χ0) is 9.14. The van der Waals surface area contributed by atoms with Crippen molar-refractivity contribution < 1.29 is 8.78 Å². The van der Waals surface area contributed by atoms with Gasteiger partial charge in [-0.25, -0.2) is 8.78 Å². The van der Waals surface area contributed by atoms with Gasteiger partial charge in [0.15, 0.2) is 0 Å². The molecule has 1 N–H and O–H groups in total. The van der Waals surface area contributed by atoms with Crippen LogP contribution in [0, 0.1) is 0 Å². The molecular formula is C8H8ClF2N. The lowest BCUT2D eigenvalue weighted by Gasteiger charge is -2.07. The summed E-state index contributed by atoms with van der Waals surface area (Å²) in [7, 11) is 1.58. The van der Waals surface area contributed by atoms with E-state index in [4.69, 9.17) is 11.6 Å². The standard InChI is InChI=1S/C8H8ClF2N/c1-12-7-4-5(9)2-3-6(7)8(10)11/h2-4,8,12H,1H3. The van der Waals surface area contributed by atoms with E-state index in [1.54, 1.807) is 7.05 Å². The zero-order valence-corrected chi connectivity index (χ0v) is 7.20. The van der Waals surface area contributed by atoms with Crippen molar-refractivity contribution >= 4 is 17.3 Å². The third kappa shape index (κ3) is 1.85. The molecule has 12 heavy (non-hydrogen) atoms. The van der Waals surface area contributed by atoms with E-state index in [-0.39, 0.29) is 5.56 Å². The summed E-state index contributed by atoms with van der Waals surface area (Å²) in [6, 6.07) is 4.24. The predicted molar refractivity (Wildman–Crippen MR) is 46.0 cm³/mol. The molecule has 1 aromatic rings. The Bertz CT molecular complexity index is 276. The Balaban J connectivity index is 3.11. The zero-order valence-electron chi connectivity index (χ0n) is 6.44. The lowest BCUT2D eigenvalue weighted by Crippen LogP contribution is -1.95. The largest absolute Gasteiger partial charge is 0.388 e. The molecular weight excluding hydrogens is 184 g/mol. The number of hydrogen-bond donors (Lipinski definition) is 1. The molecule has 0 bridgehead atoms. The molecule has 0 saturated carbocycles. The Morgan fingerprint density at radius 2 is 2.08 bits per heavy atom. The Labute approximate surface area is 74.3 Å². The fourth-order valence-electron chi connectivity index (χ4n) is 0.935. The van der Waals surface area contributed by atoms with Gasteiger partial charge in [0.2, 0.25) is 0 Å². The number of benzene rings is 1. The molecule has 0 unspecified atom stereocenters. The molecule has 4 heteroatoms. The maximum Gasteiger partial charge on any atom is 0.265 e.